The van der Waals surface area contributed by atoms with Crippen LogP contribution in [-0.4, -0.2) is 57.0 Å². The number of hydrogen-bond acceptors (Lipinski definition) is 3. The molecule has 0 amide bonds. The zero-order valence-corrected chi connectivity index (χ0v) is 15.3. The van der Waals surface area contributed by atoms with E-state index in [0.29, 0.717) is 34.6 Å². The molecule has 2 rings (SSSR count). The highest BCUT2D eigenvalue weighted by Crippen LogP contribution is 2.66. The van der Waals surface area contributed by atoms with Crippen molar-refractivity contribution in [2.24, 2.45) is 16.7 Å². The van der Waals surface area contributed by atoms with E-state index in [1.165, 1.54) is 19.3 Å². The van der Waals surface area contributed by atoms with Crippen LogP contribution in [0.1, 0.15) is 47.0 Å². The number of quaternary nitrogens is 1. The summed E-state index contributed by atoms with van der Waals surface area (Å²) in [5, 5.41) is 0. The van der Waals surface area contributed by atoms with Gasteiger partial charge in [-0.15, -0.1) is 0 Å². The lowest BCUT2D eigenvalue weighted by Gasteiger charge is -2.39. The van der Waals surface area contributed by atoms with Crippen LogP contribution in [0, 0.1) is 16.7 Å². The minimum absolute atomic E-state index is 0.125. The number of fused-ring (bicyclic) bond motifs is 2. The van der Waals surface area contributed by atoms with Gasteiger partial charge in [0.2, 0.25) is 0 Å². The SMILES string of the molecule is CCOC(=O)C[N+](C)(C)CCO[C@H]1C[C@@H]2CC[C@@]1(C)C2(C)C. The van der Waals surface area contributed by atoms with Gasteiger partial charge in [0, 0.05) is 0 Å². The average Bonchev–Trinajstić information content (AvgIpc) is 2.71. The predicted molar refractivity (Wildman–Crippen MR) is 87.4 cm³/mol. The summed E-state index contributed by atoms with van der Waals surface area (Å²) in [4.78, 5) is 11.6. The molecule has 2 aliphatic carbocycles. The third-order valence-corrected chi connectivity index (χ3v) is 6.59. The second kappa shape index (κ2) is 6.12. The van der Waals surface area contributed by atoms with Crippen LogP contribution >= 0.6 is 0 Å². The highest BCUT2D eigenvalue weighted by Gasteiger charge is 2.61. The van der Waals surface area contributed by atoms with E-state index in [2.05, 4.69) is 34.9 Å². The van der Waals surface area contributed by atoms with E-state index in [0.717, 1.165) is 19.1 Å². The molecule has 4 nitrogen and oxygen atoms in total. The van der Waals surface area contributed by atoms with Crippen molar-refractivity contribution in [2.45, 2.75) is 53.1 Å². The molecule has 0 aromatic carbocycles. The third kappa shape index (κ3) is 3.18. The molecule has 2 fully saturated rings. The van der Waals surface area contributed by atoms with Gasteiger partial charge in [-0.25, -0.2) is 4.79 Å². The van der Waals surface area contributed by atoms with Crippen molar-refractivity contribution in [3.05, 3.63) is 0 Å². The number of likely N-dealkylation sites (N-methyl/N-ethyl adjacent to an activating group) is 1. The van der Waals surface area contributed by atoms with Crippen LogP contribution in [0.2, 0.25) is 0 Å². The quantitative estimate of drug-likeness (QED) is 0.536. The normalized spacial score (nSPS) is 33.2. The average molecular weight is 312 g/mol. The molecule has 0 saturated heterocycles. The van der Waals surface area contributed by atoms with Crippen molar-refractivity contribution in [3.63, 3.8) is 0 Å². The monoisotopic (exact) mass is 312 g/mol. The van der Waals surface area contributed by atoms with E-state index in [9.17, 15) is 4.79 Å². The molecular formula is C18H34NO3+. The molecule has 0 aromatic rings. The maximum absolute atomic E-state index is 11.6. The van der Waals surface area contributed by atoms with Gasteiger partial charge in [0.1, 0.15) is 6.54 Å². The Bertz CT molecular complexity index is 419. The van der Waals surface area contributed by atoms with E-state index in [-0.39, 0.29) is 5.97 Å². The van der Waals surface area contributed by atoms with E-state index < -0.39 is 0 Å². The van der Waals surface area contributed by atoms with Gasteiger partial charge in [0.05, 0.1) is 33.4 Å². The standard InChI is InChI=1S/C18H34NO3/c1-7-21-16(20)13-19(5,6)10-11-22-15-12-14-8-9-18(15,4)17(14,2)3/h14-15H,7-13H2,1-6H3/q+1/t14-,15-,18+/m0/s1. The Morgan fingerprint density at radius 1 is 1.27 bits per heavy atom. The molecule has 2 bridgehead atoms. The molecule has 0 unspecified atom stereocenters. The number of nitrogens with zero attached hydrogens (tertiary/aromatic N) is 1. The molecule has 0 aromatic heterocycles. The Hall–Kier alpha value is -0.610. The van der Waals surface area contributed by atoms with Gasteiger partial charge in [0.15, 0.2) is 6.54 Å². The van der Waals surface area contributed by atoms with Gasteiger partial charge in [-0.2, -0.15) is 0 Å². The van der Waals surface area contributed by atoms with E-state index in [1.54, 1.807) is 0 Å². The van der Waals surface area contributed by atoms with Crippen LogP contribution in [0.15, 0.2) is 0 Å². The van der Waals surface area contributed by atoms with E-state index in [1.807, 2.05) is 6.92 Å². The first-order valence-electron chi connectivity index (χ1n) is 8.71. The molecule has 2 aliphatic rings. The Morgan fingerprint density at radius 3 is 2.45 bits per heavy atom. The molecular weight excluding hydrogens is 278 g/mol. The summed E-state index contributed by atoms with van der Waals surface area (Å²) in [5.74, 6) is 0.685. The lowest BCUT2D eigenvalue weighted by Crippen LogP contribution is -2.47. The summed E-state index contributed by atoms with van der Waals surface area (Å²) < 4.78 is 12.0. The molecule has 0 N–H and O–H groups in total. The molecule has 4 heteroatoms. The van der Waals surface area contributed by atoms with Crippen molar-refractivity contribution < 1.29 is 18.8 Å². The van der Waals surface area contributed by atoms with Crippen molar-refractivity contribution >= 4 is 5.97 Å². The van der Waals surface area contributed by atoms with E-state index >= 15 is 0 Å². The molecule has 0 aliphatic heterocycles. The lowest BCUT2D eigenvalue weighted by atomic mass is 9.70. The highest BCUT2D eigenvalue weighted by molar-refractivity contribution is 5.70. The molecule has 2 saturated carbocycles. The number of carbonyl (C=O) groups is 1. The largest absolute Gasteiger partial charge is 0.462 e. The Kier molecular flexibility index (Phi) is 4.94. The van der Waals surface area contributed by atoms with Gasteiger partial charge >= 0.3 is 5.97 Å². The summed E-state index contributed by atoms with van der Waals surface area (Å²) in [6.07, 6.45) is 4.22. The van der Waals surface area contributed by atoms with Crippen molar-refractivity contribution in [1.29, 1.82) is 0 Å². The van der Waals surface area contributed by atoms with Gasteiger partial charge in [-0.1, -0.05) is 20.8 Å². The van der Waals surface area contributed by atoms with Crippen molar-refractivity contribution in [1.82, 2.24) is 0 Å². The predicted octanol–water partition coefficient (Wildman–Crippen LogP) is 2.86. The summed E-state index contributed by atoms with van der Waals surface area (Å²) in [7, 11) is 4.12. The first-order chi connectivity index (χ1) is 10.1. The minimum Gasteiger partial charge on any atom is -0.462 e. The van der Waals surface area contributed by atoms with Crippen LogP contribution in [-0.2, 0) is 14.3 Å². The number of hydrogen-bond donors (Lipinski definition) is 0. The zero-order chi connectivity index (χ0) is 16.6. The summed E-state index contributed by atoms with van der Waals surface area (Å²) in [6, 6.07) is 0. The van der Waals surface area contributed by atoms with Crippen LogP contribution < -0.4 is 0 Å². The first-order valence-corrected chi connectivity index (χ1v) is 8.71. The number of esters is 1. The van der Waals surface area contributed by atoms with Crippen LogP contribution in [0.25, 0.3) is 0 Å². The zero-order valence-electron chi connectivity index (χ0n) is 15.3. The Balaban J connectivity index is 1.81. The maximum Gasteiger partial charge on any atom is 0.361 e. The van der Waals surface area contributed by atoms with Gasteiger partial charge < -0.3 is 14.0 Å². The Labute approximate surface area is 135 Å². The molecule has 3 atom stereocenters. The molecule has 22 heavy (non-hydrogen) atoms. The fourth-order valence-electron chi connectivity index (χ4n) is 4.46. The molecule has 0 heterocycles. The van der Waals surface area contributed by atoms with Crippen LogP contribution in [0.4, 0.5) is 0 Å². The summed E-state index contributed by atoms with van der Waals surface area (Å²) in [6.45, 7) is 11.5. The topological polar surface area (TPSA) is 35.5 Å². The molecule has 128 valence electrons. The second-order valence-electron chi connectivity index (χ2n) is 8.59. The minimum atomic E-state index is -0.125. The number of carbonyl (C=O) groups excluding carboxylic acids is 1. The van der Waals surface area contributed by atoms with Crippen LogP contribution in [0.3, 0.4) is 0 Å². The Morgan fingerprint density at radius 2 is 1.95 bits per heavy atom. The second-order valence-corrected chi connectivity index (χ2v) is 8.59. The fourth-order valence-corrected chi connectivity index (χ4v) is 4.46. The third-order valence-electron chi connectivity index (χ3n) is 6.59. The first kappa shape index (κ1) is 17.7. The fraction of sp³-hybridized carbons (Fsp3) is 0.944. The maximum atomic E-state index is 11.6. The molecule has 0 radical (unpaired) electrons. The molecule has 0 spiro atoms. The summed E-state index contributed by atoms with van der Waals surface area (Å²) >= 11 is 0. The smallest absolute Gasteiger partial charge is 0.361 e. The lowest BCUT2D eigenvalue weighted by molar-refractivity contribution is -0.883. The number of ether oxygens (including phenoxy) is 2. The van der Waals surface area contributed by atoms with E-state index in [4.69, 9.17) is 9.47 Å². The van der Waals surface area contributed by atoms with Gasteiger partial charge in [-0.05, 0) is 42.9 Å². The number of rotatable bonds is 7. The van der Waals surface area contributed by atoms with Crippen molar-refractivity contribution in [2.75, 3.05) is 40.4 Å². The van der Waals surface area contributed by atoms with Crippen molar-refractivity contribution in [3.8, 4) is 0 Å². The van der Waals surface area contributed by atoms with Gasteiger partial charge in [0.25, 0.3) is 0 Å². The highest BCUT2D eigenvalue weighted by atomic mass is 16.5. The van der Waals surface area contributed by atoms with Crippen LogP contribution in [0.5, 0.6) is 0 Å². The summed E-state index contributed by atoms with van der Waals surface area (Å²) in [5.41, 5.74) is 0.711. The van der Waals surface area contributed by atoms with Gasteiger partial charge in [-0.3, -0.25) is 0 Å².